The molecular weight excluding hydrogens is 273 g/mol. The van der Waals surface area contributed by atoms with E-state index < -0.39 is 12.1 Å². The van der Waals surface area contributed by atoms with Crippen LogP contribution in [0.4, 0.5) is 4.39 Å². The molecule has 2 atom stereocenters. The minimum atomic E-state index is -0.927. The Morgan fingerprint density at radius 2 is 2.05 bits per heavy atom. The van der Waals surface area contributed by atoms with Gasteiger partial charge in [0, 0.05) is 17.6 Å². The number of aromatic nitrogens is 1. The van der Waals surface area contributed by atoms with E-state index in [9.17, 15) is 14.3 Å². The highest BCUT2D eigenvalue weighted by molar-refractivity contribution is 5.86. The van der Waals surface area contributed by atoms with Gasteiger partial charge in [0.25, 0.3) is 0 Å². The first-order valence-corrected chi connectivity index (χ1v) is 7.17. The van der Waals surface area contributed by atoms with Crippen molar-refractivity contribution in [3.8, 4) is 5.75 Å². The molecule has 0 aliphatic rings. The third kappa shape index (κ3) is 3.54. The Labute approximate surface area is 122 Å². The van der Waals surface area contributed by atoms with Gasteiger partial charge in [-0.2, -0.15) is 0 Å². The number of alkyl halides is 1. The molecule has 2 rings (SSSR count). The van der Waals surface area contributed by atoms with Crippen molar-refractivity contribution in [2.75, 3.05) is 0 Å². The third-order valence-electron chi connectivity index (χ3n) is 3.78. The van der Waals surface area contributed by atoms with Gasteiger partial charge in [0.2, 0.25) is 0 Å². The van der Waals surface area contributed by atoms with Crippen molar-refractivity contribution in [3.05, 3.63) is 30.5 Å². The predicted octanol–water partition coefficient (Wildman–Crippen LogP) is 3.89. The molecule has 0 fully saturated rings. The van der Waals surface area contributed by atoms with Crippen molar-refractivity contribution in [3.63, 3.8) is 0 Å². The van der Waals surface area contributed by atoms with E-state index in [1.807, 2.05) is 18.2 Å². The van der Waals surface area contributed by atoms with Gasteiger partial charge < -0.3 is 14.8 Å². The molecule has 0 bridgehead atoms. The zero-order chi connectivity index (χ0) is 15.4. The Bertz CT molecular complexity index is 623. The van der Waals surface area contributed by atoms with Crippen LogP contribution in [0.3, 0.4) is 0 Å². The van der Waals surface area contributed by atoms with Gasteiger partial charge in [0.15, 0.2) is 0 Å². The summed E-state index contributed by atoms with van der Waals surface area (Å²) in [6.45, 7) is 1.77. The molecule has 0 spiro atoms. The third-order valence-corrected chi connectivity index (χ3v) is 3.78. The fourth-order valence-corrected chi connectivity index (χ4v) is 2.61. The summed E-state index contributed by atoms with van der Waals surface area (Å²) in [5.41, 5.74) is 0.771. The van der Waals surface area contributed by atoms with E-state index in [0.29, 0.717) is 24.6 Å². The number of rotatable bonds is 7. The maximum Gasteiger partial charge on any atom is 0.305 e. The summed E-state index contributed by atoms with van der Waals surface area (Å²) in [6, 6.07) is 6.89. The van der Waals surface area contributed by atoms with E-state index in [1.165, 1.54) is 6.20 Å². The molecule has 0 aliphatic carbocycles. The molecule has 2 N–H and O–H groups in total. The average molecular weight is 293 g/mol. The van der Waals surface area contributed by atoms with Crippen molar-refractivity contribution in [1.29, 1.82) is 0 Å². The lowest BCUT2D eigenvalue weighted by Gasteiger charge is -2.19. The number of hydrogen-bond acceptors (Lipinski definition) is 2. The average Bonchev–Trinajstić information content (AvgIpc) is 2.80. The second-order valence-corrected chi connectivity index (χ2v) is 5.27. The number of benzene rings is 1. The van der Waals surface area contributed by atoms with E-state index in [4.69, 9.17) is 5.11 Å². The lowest BCUT2D eigenvalue weighted by Crippen LogP contribution is -2.14. The summed E-state index contributed by atoms with van der Waals surface area (Å²) in [6.07, 6.45) is 1.71. The van der Waals surface area contributed by atoms with Gasteiger partial charge in [-0.05, 0) is 31.4 Å². The van der Waals surface area contributed by atoms with Crippen LogP contribution in [-0.2, 0) is 4.79 Å². The summed E-state index contributed by atoms with van der Waals surface area (Å²) in [4.78, 5) is 11.1. The summed E-state index contributed by atoms with van der Waals surface area (Å²) in [5, 5.41) is 19.7. The van der Waals surface area contributed by atoms with Crippen LogP contribution >= 0.6 is 0 Å². The fourth-order valence-electron chi connectivity index (χ4n) is 2.61. The van der Waals surface area contributed by atoms with Crippen molar-refractivity contribution >= 4 is 16.9 Å². The predicted molar refractivity (Wildman–Crippen MR) is 79.3 cm³/mol. The highest BCUT2D eigenvalue weighted by Gasteiger charge is 2.20. The molecule has 1 heterocycles. The number of carboxylic acid groups (broad SMARTS) is 1. The number of nitrogens with zero attached hydrogens (tertiary/aromatic N) is 1. The quantitative estimate of drug-likeness (QED) is 0.814. The number of aliphatic carboxylic acids is 1. The lowest BCUT2D eigenvalue weighted by molar-refractivity contribution is -0.138. The van der Waals surface area contributed by atoms with Gasteiger partial charge >= 0.3 is 5.97 Å². The Morgan fingerprint density at radius 3 is 2.71 bits per heavy atom. The van der Waals surface area contributed by atoms with Crippen molar-refractivity contribution in [2.45, 2.75) is 44.8 Å². The molecule has 4 nitrogen and oxygen atoms in total. The SMILES string of the molecule is CCC(F)CCC(CC(=O)O)n1cc(O)c2ccccc21. The van der Waals surface area contributed by atoms with Gasteiger partial charge in [-0.25, -0.2) is 4.39 Å². The first-order chi connectivity index (χ1) is 10.0. The molecule has 1 aromatic carbocycles. The molecule has 5 heteroatoms. The van der Waals surface area contributed by atoms with E-state index in [-0.39, 0.29) is 18.2 Å². The number of aromatic hydroxyl groups is 1. The molecule has 2 aromatic rings. The monoisotopic (exact) mass is 293 g/mol. The molecule has 0 saturated carbocycles. The van der Waals surface area contributed by atoms with Gasteiger partial charge in [0.1, 0.15) is 5.75 Å². The molecule has 0 aliphatic heterocycles. The van der Waals surface area contributed by atoms with Crippen LogP contribution < -0.4 is 0 Å². The second kappa shape index (κ2) is 6.61. The van der Waals surface area contributed by atoms with Crippen molar-refractivity contribution in [2.24, 2.45) is 0 Å². The van der Waals surface area contributed by atoms with Crippen LogP contribution in [0, 0.1) is 0 Å². The standard InChI is InChI=1S/C16H20FNO3/c1-2-11(17)7-8-12(9-16(20)21)18-10-15(19)13-5-3-4-6-14(13)18/h3-6,10-12,19H,2,7-9H2,1H3,(H,20,21). The largest absolute Gasteiger partial charge is 0.506 e. The smallest absolute Gasteiger partial charge is 0.305 e. The van der Waals surface area contributed by atoms with Gasteiger partial charge in [-0.1, -0.05) is 19.1 Å². The molecule has 0 radical (unpaired) electrons. The van der Waals surface area contributed by atoms with E-state index in [0.717, 1.165) is 5.52 Å². The topological polar surface area (TPSA) is 62.5 Å². The summed E-state index contributed by atoms with van der Waals surface area (Å²) >= 11 is 0. The van der Waals surface area contributed by atoms with E-state index in [2.05, 4.69) is 0 Å². The summed E-state index contributed by atoms with van der Waals surface area (Å²) in [7, 11) is 0. The number of carbonyl (C=O) groups is 1. The lowest BCUT2D eigenvalue weighted by atomic mass is 10.0. The Morgan fingerprint density at radius 1 is 1.33 bits per heavy atom. The maximum absolute atomic E-state index is 13.5. The van der Waals surface area contributed by atoms with Crippen LogP contribution in [0.2, 0.25) is 0 Å². The first-order valence-electron chi connectivity index (χ1n) is 7.17. The van der Waals surface area contributed by atoms with Gasteiger partial charge in [-0.3, -0.25) is 4.79 Å². The number of carboxylic acids is 1. The highest BCUT2D eigenvalue weighted by atomic mass is 19.1. The molecular formula is C16H20FNO3. The number of fused-ring (bicyclic) bond motifs is 1. The number of hydrogen-bond donors (Lipinski definition) is 2. The molecule has 2 unspecified atom stereocenters. The number of para-hydroxylation sites is 1. The molecule has 114 valence electrons. The summed E-state index contributed by atoms with van der Waals surface area (Å²) < 4.78 is 15.2. The van der Waals surface area contributed by atoms with Crippen LogP contribution in [0.25, 0.3) is 10.9 Å². The zero-order valence-electron chi connectivity index (χ0n) is 12.0. The minimum Gasteiger partial charge on any atom is -0.506 e. The first kappa shape index (κ1) is 15.4. The highest BCUT2D eigenvalue weighted by Crippen LogP contribution is 2.32. The Hall–Kier alpha value is -2.04. The molecule has 0 amide bonds. The van der Waals surface area contributed by atoms with Crippen LogP contribution in [-0.4, -0.2) is 26.9 Å². The van der Waals surface area contributed by atoms with Gasteiger partial charge in [-0.15, -0.1) is 0 Å². The van der Waals surface area contributed by atoms with Crippen molar-refractivity contribution < 1.29 is 19.4 Å². The Kier molecular flexibility index (Phi) is 4.83. The Balaban J connectivity index is 2.31. The van der Waals surface area contributed by atoms with Crippen LogP contribution in [0.1, 0.15) is 38.6 Å². The number of halogens is 1. The fraction of sp³-hybridized carbons (Fsp3) is 0.438. The minimum absolute atomic E-state index is 0.0887. The van der Waals surface area contributed by atoms with E-state index in [1.54, 1.807) is 17.6 Å². The van der Waals surface area contributed by atoms with Crippen LogP contribution in [0.15, 0.2) is 30.5 Å². The summed E-state index contributed by atoms with van der Waals surface area (Å²) in [5.74, 6) is -0.808. The van der Waals surface area contributed by atoms with Crippen molar-refractivity contribution in [1.82, 2.24) is 4.57 Å². The molecule has 21 heavy (non-hydrogen) atoms. The zero-order valence-corrected chi connectivity index (χ0v) is 12.0. The van der Waals surface area contributed by atoms with Crippen LogP contribution in [0.5, 0.6) is 5.75 Å². The molecule has 1 aromatic heterocycles. The normalized spacial score (nSPS) is 14.2. The van der Waals surface area contributed by atoms with E-state index >= 15 is 0 Å². The maximum atomic E-state index is 13.5. The molecule has 0 saturated heterocycles. The second-order valence-electron chi connectivity index (χ2n) is 5.27. The van der Waals surface area contributed by atoms with Gasteiger partial charge in [0.05, 0.1) is 18.1 Å².